The van der Waals surface area contributed by atoms with Crippen molar-refractivity contribution in [2.45, 2.75) is 51.6 Å². The zero-order valence-corrected chi connectivity index (χ0v) is 17.3. The first kappa shape index (κ1) is 20.4. The number of nitrogens with zero attached hydrogens (tertiary/aromatic N) is 1. The number of piperidine rings is 1. The third-order valence-corrected chi connectivity index (χ3v) is 5.62. The Morgan fingerprint density at radius 3 is 2.43 bits per heavy atom. The first-order valence-corrected chi connectivity index (χ1v) is 10.3. The second kappa shape index (κ2) is 9.74. The van der Waals surface area contributed by atoms with Crippen LogP contribution in [0.1, 0.15) is 49.3 Å². The summed E-state index contributed by atoms with van der Waals surface area (Å²) in [5.74, 6) is 1.54. The molecule has 3 rings (SSSR count). The van der Waals surface area contributed by atoms with Crippen molar-refractivity contribution in [3.05, 3.63) is 65.2 Å². The third kappa shape index (κ3) is 5.35. The van der Waals surface area contributed by atoms with Gasteiger partial charge < -0.3 is 15.0 Å². The molecule has 1 aliphatic heterocycles. The molecule has 28 heavy (non-hydrogen) atoms. The standard InChI is InChI=1S/C24H32N2O2/c1-18(2)20-10-8-19(9-11-20)17-25-22-12-14-26(15-13-22)24(27)16-21-6-4-5-7-23(21)28-3/h4-11,18,22,25H,12-17H2,1-3H3. The third-order valence-electron chi connectivity index (χ3n) is 5.62. The van der Waals surface area contributed by atoms with Crippen molar-refractivity contribution in [2.24, 2.45) is 0 Å². The Labute approximate surface area is 168 Å². The summed E-state index contributed by atoms with van der Waals surface area (Å²) in [6.45, 7) is 6.96. The van der Waals surface area contributed by atoms with Gasteiger partial charge in [-0.15, -0.1) is 0 Å². The SMILES string of the molecule is COc1ccccc1CC(=O)N1CCC(NCc2ccc(C(C)C)cc2)CC1. The van der Waals surface area contributed by atoms with Crippen LogP contribution in [0.2, 0.25) is 0 Å². The minimum atomic E-state index is 0.187. The Morgan fingerprint density at radius 2 is 1.79 bits per heavy atom. The van der Waals surface area contributed by atoms with Crippen LogP contribution in [-0.2, 0) is 17.8 Å². The first-order chi connectivity index (χ1) is 13.6. The number of hydrogen-bond donors (Lipinski definition) is 1. The molecule has 2 aromatic carbocycles. The lowest BCUT2D eigenvalue weighted by molar-refractivity contribution is -0.131. The lowest BCUT2D eigenvalue weighted by Crippen LogP contribution is -2.45. The van der Waals surface area contributed by atoms with Crippen molar-refractivity contribution in [3.8, 4) is 5.75 Å². The van der Waals surface area contributed by atoms with Crippen LogP contribution in [0.5, 0.6) is 5.75 Å². The van der Waals surface area contributed by atoms with Crippen LogP contribution in [0.4, 0.5) is 0 Å². The van der Waals surface area contributed by atoms with E-state index in [1.54, 1.807) is 7.11 Å². The first-order valence-electron chi connectivity index (χ1n) is 10.3. The zero-order valence-electron chi connectivity index (χ0n) is 17.3. The van der Waals surface area contributed by atoms with E-state index in [0.717, 1.165) is 43.8 Å². The maximum absolute atomic E-state index is 12.7. The van der Waals surface area contributed by atoms with Gasteiger partial charge in [0.2, 0.25) is 5.91 Å². The second-order valence-corrected chi connectivity index (χ2v) is 7.92. The Balaban J connectivity index is 1.44. The minimum absolute atomic E-state index is 0.187. The van der Waals surface area contributed by atoms with Gasteiger partial charge in [0.25, 0.3) is 0 Å². The average molecular weight is 381 g/mol. The Kier molecular flexibility index (Phi) is 7.10. The predicted octanol–water partition coefficient (Wildman–Crippen LogP) is 4.14. The Hall–Kier alpha value is -2.33. The van der Waals surface area contributed by atoms with E-state index in [2.05, 4.69) is 43.4 Å². The van der Waals surface area contributed by atoms with Crippen LogP contribution >= 0.6 is 0 Å². The molecule has 0 spiro atoms. The minimum Gasteiger partial charge on any atom is -0.496 e. The summed E-state index contributed by atoms with van der Waals surface area (Å²) in [4.78, 5) is 14.6. The summed E-state index contributed by atoms with van der Waals surface area (Å²) >= 11 is 0. The number of hydrogen-bond acceptors (Lipinski definition) is 3. The fourth-order valence-corrected chi connectivity index (χ4v) is 3.74. The van der Waals surface area contributed by atoms with Crippen LogP contribution in [-0.4, -0.2) is 37.0 Å². The van der Waals surface area contributed by atoms with E-state index >= 15 is 0 Å². The molecule has 0 atom stereocenters. The van der Waals surface area contributed by atoms with Gasteiger partial charge in [-0.25, -0.2) is 0 Å². The van der Waals surface area contributed by atoms with Crippen LogP contribution in [0.15, 0.2) is 48.5 Å². The highest BCUT2D eigenvalue weighted by molar-refractivity contribution is 5.79. The van der Waals surface area contributed by atoms with Gasteiger partial charge >= 0.3 is 0 Å². The van der Waals surface area contributed by atoms with Gasteiger partial charge in [-0.3, -0.25) is 4.79 Å². The van der Waals surface area contributed by atoms with Crippen molar-refractivity contribution in [1.29, 1.82) is 0 Å². The van der Waals surface area contributed by atoms with Gasteiger partial charge in [-0.1, -0.05) is 56.3 Å². The van der Waals surface area contributed by atoms with E-state index < -0.39 is 0 Å². The fraction of sp³-hybridized carbons (Fsp3) is 0.458. The summed E-state index contributed by atoms with van der Waals surface area (Å²) in [7, 11) is 1.65. The van der Waals surface area contributed by atoms with Crippen molar-refractivity contribution in [1.82, 2.24) is 10.2 Å². The van der Waals surface area contributed by atoms with Crippen LogP contribution < -0.4 is 10.1 Å². The van der Waals surface area contributed by atoms with Crippen LogP contribution in [0.25, 0.3) is 0 Å². The summed E-state index contributed by atoms with van der Waals surface area (Å²) in [5, 5.41) is 3.66. The van der Waals surface area contributed by atoms with E-state index in [9.17, 15) is 4.79 Å². The molecule has 1 aliphatic rings. The number of ether oxygens (including phenoxy) is 1. The van der Waals surface area contributed by atoms with E-state index in [4.69, 9.17) is 4.74 Å². The Bertz CT molecular complexity index is 762. The van der Waals surface area contributed by atoms with Gasteiger partial charge in [-0.2, -0.15) is 0 Å². The molecule has 2 aromatic rings. The number of para-hydroxylation sites is 1. The molecule has 1 fully saturated rings. The van der Waals surface area contributed by atoms with Gasteiger partial charge in [0.15, 0.2) is 0 Å². The second-order valence-electron chi connectivity index (χ2n) is 7.92. The molecule has 1 amide bonds. The monoisotopic (exact) mass is 380 g/mol. The highest BCUT2D eigenvalue weighted by Crippen LogP contribution is 2.20. The zero-order chi connectivity index (χ0) is 19.9. The fourth-order valence-electron chi connectivity index (χ4n) is 3.74. The number of rotatable bonds is 7. The normalized spacial score (nSPS) is 15.1. The molecule has 150 valence electrons. The van der Waals surface area contributed by atoms with Crippen LogP contribution in [0.3, 0.4) is 0 Å². The highest BCUT2D eigenvalue weighted by atomic mass is 16.5. The molecule has 4 heteroatoms. The molecule has 0 aromatic heterocycles. The molecule has 1 N–H and O–H groups in total. The van der Waals surface area contributed by atoms with E-state index in [0.29, 0.717) is 18.4 Å². The Morgan fingerprint density at radius 1 is 1.11 bits per heavy atom. The van der Waals surface area contributed by atoms with Crippen molar-refractivity contribution in [2.75, 3.05) is 20.2 Å². The van der Waals surface area contributed by atoms with Gasteiger partial charge in [0, 0.05) is 31.2 Å². The molecule has 0 aliphatic carbocycles. The van der Waals surface area contributed by atoms with E-state index in [-0.39, 0.29) is 5.91 Å². The number of benzene rings is 2. The van der Waals surface area contributed by atoms with Crippen molar-refractivity contribution < 1.29 is 9.53 Å². The van der Waals surface area contributed by atoms with Crippen molar-refractivity contribution >= 4 is 5.91 Å². The largest absolute Gasteiger partial charge is 0.496 e. The van der Waals surface area contributed by atoms with Gasteiger partial charge in [0.05, 0.1) is 13.5 Å². The topological polar surface area (TPSA) is 41.6 Å². The lowest BCUT2D eigenvalue weighted by Gasteiger charge is -2.32. The van der Waals surface area contributed by atoms with E-state index in [1.807, 2.05) is 29.2 Å². The molecule has 0 saturated carbocycles. The predicted molar refractivity (Wildman–Crippen MR) is 114 cm³/mol. The average Bonchev–Trinajstić information content (AvgIpc) is 2.73. The summed E-state index contributed by atoms with van der Waals surface area (Å²) in [6, 6.07) is 17.1. The number of nitrogens with one attached hydrogen (secondary N) is 1. The van der Waals surface area contributed by atoms with Gasteiger partial charge in [0.1, 0.15) is 5.75 Å². The molecule has 0 unspecified atom stereocenters. The summed E-state index contributed by atoms with van der Waals surface area (Å²) in [6.07, 6.45) is 2.41. The molecule has 1 saturated heterocycles. The number of carbonyl (C=O) groups excluding carboxylic acids is 1. The molecule has 0 radical (unpaired) electrons. The molecular formula is C24H32N2O2. The van der Waals surface area contributed by atoms with E-state index in [1.165, 1.54) is 11.1 Å². The quantitative estimate of drug-likeness (QED) is 0.785. The smallest absolute Gasteiger partial charge is 0.227 e. The molecule has 1 heterocycles. The van der Waals surface area contributed by atoms with Crippen molar-refractivity contribution in [3.63, 3.8) is 0 Å². The molecule has 0 bridgehead atoms. The molecule has 4 nitrogen and oxygen atoms in total. The van der Waals surface area contributed by atoms with Crippen LogP contribution in [0, 0.1) is 0 Å². The summed E-state index contributed by atoms with van der Waals surface area (Å²) in [5.41, 5.74) is 3.66. The number of carbonyl (C=O) groups is 1. The lowest BCUT2D eigenvalue weighted by atomic mass is 10.0. The van der Waals surface area contributed by atoms with Gasteiger partial charge in [-0.05, 0) is 36.0 Å². The highest BCUT2D eigenvalue weighted by Gasteiger charge is 2.23. The maximum atomic E-state index is 12.7. The number of likely N-dealkylation sites (tertiary alicyclic amines) is 1. The maximum Gasteiger partial charge on any atom is 0.227 e. The number of methoxy groups -OCH3 is 1. The number of amides is 1. The summed E-state index contributed by atoms with van der Waals surface area (Å²) < 4.78 is 5.36. The molecular weight excluding hydrogens is 348 g/mol.